The lowest BCUT2D eigenvalue weighted by Gasteiger charge is -2.14. The van der Waals surface area contributed by atoms with Crippen LogP contribution in [-0.2, 0) is 20.7 Å². The van der Waals surface area contributed by atoms with Crippen molar-refractivity contribution in [2.45, 2.75) is 25.9 Å². The molecule has 0 aliphatic carbocycles. The monoisotopic (exact) mass is 363 g/mol. The fraction of sp³-hybridized carbons (Fsp3) is 0.263. The first-order valence-electron chi connectivity index (χ1n) is 7.98. The van der Waals surface area contributed by atoms with E-state index in [0.29, 0.717) is 12.2 Å². The Morgan fingerprint density at radius 1 is 1.15 bits per heavy atom. The molecule has 0 fully saturated rings. The predicted octanol–water partition coefficient (Wildman–Crippen LogP) is 3.48. The van der Waals surface area contributed by atoms with Crippen molar-refractivity contribution in [3.8, 4) is 5.75 Å². The number of esters is 1. The van der Waals surface area contributed by atoms with E-state index in [-0.39, 0.29) is 12.1 Å². The van der Waals surface area contributed by atoms with Crippen molar-refractivity contribution in [3.63, 3.8) is 0 Å². The van der Waals surface area contributed by atoms with Gasteiger partial charge in [0.15, 0.2) is 6.10 Å². The maximum absolute atomic E-state index is 13.5. The molecule has 0 aliphatic rings. The topological polar surface area (TPSA) is 64.6 Å². The summed E-state index contributed by atoms with van der Waals surface area (Å²) in [6.07, 6.45) is -0.718. The largest absolute Gasteiger partial charge is 0.496 e. The Balaban J connectivity index is 1.88. The molecule has 0 aromatic heterocycles. The second kappa shape index (κ2) is 8.94. The number of benzene rings is 2. The maximum Gasteiger partial charge on any atom is 0.306 e. The summed E-state index contributed by atoms with van der Waals surface area (Å²) >= 11 is 0. The summed E-state index contributed by atoms with van der Waals surface area (Å²) in [6.45, 7) is 1.35. The van der Waals surface area contributed by atoms with Gasteiger partial charge in [-0.2, -0.15) is 0 Å². The number of ether oxygens (including phenoxy) is 2. The number of methoxy groups -OCH3 is 1. The highest BCUT2D eigenvalue weighted by molar-refractivity contribution is 5.95. The van der Waals surface area contributed by atoms with Crippen LogP contribution in [0.25, 0.3) is 0 Å². The molecule has 0 unspecified atom stereocenters. The lowest BCUT2D eigenvalue weighted by Crippen LogP contribution is -2.30. The molecule has 2 aromatic rings. The van der Waals surface area contributed by atoms with Crippen molar-refractivity contribution in [1.29, 1.82) is 0 Å². The highest BCUT2D eigenvalue weighted by Gasteiger charge is 2.19. The number of aryl methyl sites for hydroxylation is 1. The van der Waals surface area contributed by atoms with Gasteiger partial charge in [0.05, 0.1) is 12.8 Å². The summed E-state index contributed by atoms with van der Waals surface area (Å²) < 4.78 is 36.9. The van der Waals surface area contributed by atoms with Gasteiger partial charge in [0, 0.05) is 12.5 Å². The second-order valence-electron chi connectivity index (χ2n) is 5.56. The van der Waals surface area contributed by atoms with Gasteiger partial charge in [0.1, 0.15) is 17.4 Å². The van der Waals surface area contributed by atoms with Gasteiger partial charge in [-0.1, -0.05) is 18.2 Å². The Labute approximate surface area is 149 Å². The van der Waals surface area contributed by atoms with Gasteiger partial charge < -0.3 is 14.8 Å². The van der Waals surface area contributed by atoms with Gasteiger partial charge >= 0.3 is 5.97 Å². The van der Waals surface area contributed by atoms with Crippen molar-refractivity contribution >= 4 is 17.6 Å². The summed E-state index contributed by atoms with van der Waals surface area (Å²) in [7, 11) is 1.54. The molecule has 138 valence electrons. The van der Waals surface area contributed by atoms with Crippen molar-refractivity contribution in [2.75, 3.05) is 12.4 Å². The molecule has 1 N–H and O–H groups in total. The van der Waals surface area contributed by atoms with E-state index in [0.717, 1.165) is 23.8 Å². The molecule has 0 heterocycles. The molecule has 2 rings (SSSR count). The van der Waals surface area contributed by atoms with Gasteiger partial charge in [-0.05, 0) is 37.1 Å². The normalized spacial score (nSPS) is 11.5. The Kier molecular flexibility index (Phi) is 6.66. The lowest BCUT2D eigenvalue weighted by atomic mass is 10.1. The van der Waals surface area contributed by atoms with Crippen LogP contribution in [0.2, 0.25) is 0 Å². The molecule has 0 aliphatic heterocycles. The van der Waals surface area contributed by atoms with Gasteiger partial charge in [-0.3, -0.25) is 9.59 Å². The van der Waals surface area contributed by atoms with Crippen LogP contribution in [0.15, 0.2) is 42.5 Å². The summed E-state index contributed by atoms with van der Waals surface area (Å²) in [4.78, 5) is 23.9. The number of halogens is 2. The third-order valence-corrected chi connectivity index (χ3v) is 3.65. The fourth-order valence-corrected chi connectivity index (χ4v) is 2.28. The minimum Gasteiger partial charge on any atom is -0.496 e. The Morgan fingerprint density at radius 2 is 1.88 bits per heavy atom. The lowest BCUT2D eigenvalue weighted by molar-refractivity contribution is -0.153. The second-order valence-corrected chi connectivity index (χ2v) is 5.56. The third kappa shape index (κ3) is 5.27. The predicted molar refractivity (Wildman–Crippen MR) is 91.9 cm³/mol. The van der Waals surface area contributed by atoms with Crippen molar-refractivity contribution in [3.05, 3.63) is 59.7 Å². The fourth-order valence-electron chi connectivity index (χ4n) is 2.28. The molecule has 0 saturated heterocycles. The number of amides is 1. The molecule has 7 heteroatoms. The zero-order valence-corrected chi connectivity index (χ0v) is 14.4. The standard InChI is InChI=1S/C19H19F2NO4/c1-12(19(24)22-16-11-14(20)8-9-15(16)21)26-18(23)10-7-13-5-3-4-6-17(13)25-2/h3-6,8-9,11-12H,7,10H2,1-2H3,(H,22,24)/t12-/m1/s1. The van der Waals surface area contributed by atoms with Crippen LogP contribution in [0, 0.1) is 11.6 Å². The van der Waals surface area contributed by atoms with E-state index < -0.39 is 29.6 Å². The number of hydrogen-bond acceptors (Lipinski definition) is 4. The van der Waals surface area contributed by atoms with Crippen molar-refractivity contribution < 1.29 is 27.8 Å². The zero-order chi connectivity index (χ0) is 19.1. The van der Waals surface area contributed by atoms with E-state index in [1.807, 2.05) is 18.2 Å². The average Bonchev–Trinajstić information content (AvgIpc) is 2.63. The number of carbonyl (C=O) groups is 2. The summed E-state index contributed by atoms with van der Waals surface area (Å²) in [5.74, 6) is -2.15. The van der Waals surface area contributed by atoms with E-state index in [1.165, 1.54) is 14.0 Å². The summed E-state index contributed by atoms with van der Waals surface area (Å²) in [5, 5.41) is 2.20. The number of anilines is 1. The van der Waals surface area contributed by atoms with E-state index in [2.05, 4.69) is 5.32 Å². The van der Waals surface area contributed by atoms with E-state index in [9.17, 15) is 18.4 Å². The van der Waals surface area contributed by atoms with Gasteiger partial charge in [-0.25, -0.2) is 8.78 Å². The van der Waals surface area contributed by atoms with E-state index >= 15 is 0 Å². The van der Waals surface area contributed by atoms with Gasteiger partial charge in [0.2, 0.25) is 0 Å². The highest BCUT2D eigenvalue weighted by Crippen LogP contribution is 2.19. The molecule has 1 atom stereocenters. The minimum atomic E-state index is -1.15. The van der Waals surface area contributed by atoms with Crippen LogP contribution < -0.4 is 10.1 Å². The van der Waals surface area contributed by atoms with Crippen LogP contribution in [0.4, 0.5) is 14.5 Å². The number of para-hydroxylation sites is 1. The highest BCUT2D eigenvalue weighted by atomic mass is 19.1. The first-order chi connectivity index (χ1) is 12.4. The Morgan fingerprint density at radius 3 is 2.62 bits per heavy atom. The van der Waals surface area contributed by atoms with Gasteiger partial charge in [-0.15, -0.1) is 0 Å². The molecule has 0 spiro atoms. The first-order valence-corrected chi connectivity index (χ1v) is 7.98. The molecule has 2 aromatic carbocycles. The molecule has 0 radical (unpaired) electrons. The van der Waals surface area contributed by atoms with Crippen LogP contribution in [0.5, 0.6) is 5.75 Å². The molecule has 0 bridgehead atoms. The number of rotatable bonds is 7. The van der Waals surface area contributed by atoms with Crippen molar-refractivity contribution in [1.82, 2.24) is 0 Å². The molecular weight excluding hydrogens is 344 g/mol. The summed E-state index contributed by atoms with van der Waals surface area (Å²) in [5.41, 5.74) is 0.526. The Hall–Kier alpha value is -2.96. The van der Waals surface area contributed by atoms with E-state index in [4.69, 9.17) is 9.47 Å². The molecular formula is C19H19F2NO4. The molecule has 0 saturated carbocycles. The third-order valence-electron chi connectivity index (χ3n) is 3.65. The quantitative estimate of drug-likeness (QED) is 0.765. The Bertz CT molecular complexity index is 795. The van der Waals surface area contributed by atoms with Crippen LogP contribution in [0.1, 0.15) is 18.9 Å². The number of hydrogen-bond donors (Lipinski definition) is 1. The van der Waals surface area contributed by atoms with Crippen LogP contribution >= 0.6 is 0 Å². The SMILES string of the molecule is COc1ccccc1CCC(=O)O[C@H](C)C(=O)Nc1cc(F)ccc1F. The zero-order valence-electron chi connectivity index (χ0n) is 14.4. The molecule has 5 nitrogen and oxygen atoms in total. The van der Waals surface area contributed by atoms with Crippen molar-refractivity contribution in [2.24, 2.45) is 0 Å². The van der Waals surface area contributed by atoms with E-state index in [1.54, 1.807) is 6.07 Å². The first kappa shape index (κ1) is 19.4. The molecule has 1 amide bonds. The average molecular weight is 363 g/mol. The number of carbonyl (C=O) groups excluding carboxylic acids is 2. The van der Waals surface area contributed by atoms with Gasteiger partial charge in [0.25, 0.3) is 5.91 Å². The smallest absolute Gasteiger partial charge is 0.306 e. The van der Waals surface area contributed by atoms with Crippen LogP contribution in [-0.4, -0.2) is 25.1 Å². The maximum atomic E-state index is 13.5. The summed E-state index contributed by atoms with van der Waals surface area (Å²) in [6, 6.07) is 9.94. The minimum absolute atomic E-state index is 0.0479. The van der Waals surface area contributed by atoms with Crippen LogP contribution in [0.3, 0.4) is 0 Å². The molecule has 26 heavy (non-hydrogen) atoms. The number of nitrogens with one attached hydrogen (secondary N) is 1.